The third-order valence-corrected chi connectivity index (χ3v) is 7.53. The first-order chi connectivity index (χ1) is 12.8. The average molecular weight is 406 g/mol. The SMILES string of the molecule is O=C(O)c1cc2c(n(C3CC3)c1=O)-c1cc(Cl)c(C3CC3)cc1S(=O)(=O)C2. The Morgan fingerprint density at radius 2 is 1.85 bits per heavy atom. The van der Waals surface area contributed by atoms with Gasteiger partial charge in [-0.05, 0) is 60.9 Å². The Bertz CT molecular complexity index is 1190. The van der Waals surface area contributed by atoms with Crippen LogP contribution >= 0.6 is 11.6 Å². The second-order valence-electron chi connectivity index (χ2n) is 7.55. The molecule has 0 radical (unpaired) electrons. The van der Waals surface area contributed by atoms with Gasteiger partial charge in [0.15, 0.2) is 9.84 Å². The maximum absolute atomic E-state index is 12.9. The van der Waals surface area contributed by atoms with Crippen molar-refractivity contribution in [2.24, 2.45) is 0 Å². The summed E-state index contributed by atoms with van der Waals surface area (Å²) in [6, 6.07) is 4.41. The van der Waals surface area contributed by atoms with E-state index >= 15 is 0 Å². The molecule has 2 aromatic rings. The van der Waals surface area contributed by atoms with Gasteiger partial charge < -0.3 is 9.67 Å². The van der Waals surface area contributed by atoms with Gasteiger partial charge in [-0.3, -0.25) is 4.79 Å². The molecule has 2 heterocycles. The number of benzene rings is 1. The number of hydrogen-bond acceptors (Lipinski definition) is 4. The van der Waals surface area contributed by atoms with E-state index in [0.717, 1.165) is 31.2 Å². The van der Waals surface area contributed by atoms with E-state index in [0.29, 0.717) is 27.8 Å². The number of hydrogen-bond donors (Lipinski definition) is 1. The minimum Gasteiger partial charge on any atom is -0.477 e. The predicted molar refractivity (Wildman–Crippen MR) is 99.2 cm³/mol. The Balaban J connectivity index is 1.87. The number of carbonyl (C=O) groups is 1. The number of carboxylic acid groups (broad SMARTS) is 1. The van der Waals surface area contributed by atoms with Crippen molar-refractivity contribution in [3.63, 3.8) is 0 Å². The van der Waals surface area contributed by atoms with Crippen LogP contribution in [0.2, 0.25) is 5.02 Å². The third-order valence-electron chi connectivity index (χ3n) is 5.51. The smallest absolute Gasteiger partial charge is 0.341 e. The number of carboxylic acids is 1. The van der Waals surface area contributed by atoms with E-state index in [2.05, 4.69) is 0 Å². The molecule has 8 heteroatoms. The summed E-state index contributed by atoms with van der Waals surface area (Å²) < 4.78 is 27.3. The molecule has 2 aliphatic carbocycles. The Morgan fingerprint density at radius 3 is 2.44 bits per heavy atom. The highest BCUT2D eigenvalue weighted by molar-refractivity contribution is 7.90. The molecule has 2 fully saturated rings. The number of aromatic carboxylic acids is 1. The molecule has 140 valence electrons. The Kier molecular flexibility index (Phi) is 3.44. The van der Waals surface area contributed by atoms with Crippen LogP contribution in [0.15, 0.2) is 27.9 Å². The van der Waals surface area contributed by atoms with Gasteiger partial charge >= 0.3 is 5.97 Å². The maximum atomic E-state index is 12.9. The topological polar surface area (TPSA) is 93.4 Å². The first-order valence-corrected chi connectivity index (χ1v) is 10.9. The summed E-state index contributed by atoms with van der Waals surface area (Å²) in [5, 5.41) is 9.88. The van der Waals surface area contributed by atoms with E-state index < -0.39 is 21.4 Å². The van der Waals surface area contributed by atoms with Gasteiger partial charge in [-0.2, -0.15) is 0 Å². The van der Waals surface area contributed by atoms with E-state index in [1.54, 1.807) is 12.1 Å². The lowest BCUT2D eigenvalue weighted by atomic mass is 10.00. The van der Waals surface area contributed by atoms with E-state index in [9.17, 15) is 23.1 Å². The molecule has 1 aliphatic heterocycles. The normalized spacial score (nSPS) is 20.0. The van der Waals surface area contributed by atoms with Crippen molar-refractivity contribution in [2.75, 3.05) is 0 Å². The molecule has 1 aromatic carbocycles. The summed E-state index contributed by atoms with van der Waals surface area (Å²) in [6.45, 7) is 0. The average Bonchev–Trinajstić information content (AvgIpc) is 3.46. The molecule has 0 bridgehead atoms. The van der Waals surface area contributed by atoms with Gasteiger partial charge in [-0.1, -0.05) is 11.6 Å². The van der Waals surface area contributed by atoms with Crippen LogP contribution in [-0.4, -0.2) is 24.1 Å². The maximum Gasteiger partial charge on any atom is 0.341 e. The second kappa shape index (κ2) is 5.45. The number of rotatable bonds is 3. The van der Waals surface area contributed by atoms with E-state index in [4.69, 9.17) is 11.6 Å². The van der Waals surface area contributed by atoms with Crippen molar-refractivity contribution >= 4 is 27.4 Å². The lowest BCUT2D eigenvalue weighted by Crippen LogP contribution is -2.30. The first kappa shape index (κ1) is 17.0. The zero-order chi connectivity index (χ0) is 19.1. The van der Waals surface area contributed by atoms with E-state index in [1.807, 2.05) is 0 Å². The van der Waals surface area contributed by atoms with Gasteiger partial charge in [0, 0.05) is 16.6 Å². The van der Waals surface area contributed by atoms with Crippen LogP contribution in [0.3, 0.4) is 0 Å². The fraction of sp³-hybridized carbons (Fsp3) is 0.368. The van der Waals surface area contributed by atoms with Crippen LogP contribution in [0.4, 0.5) is 0 Å². The highest BCUT2D eigenvalue weighted by atomic mass is 35.5. The number of sulfone groups is 1. The molecule has 3 aliphatic rings. The number of nitrogens with zero attached hydrogens (tertiary/aromatic N) is 1. The summed E-state index contributed by atoms with van der Waals surface area (Å²) in [7, 11) is -3.64. The summed E-state index contributed by atoms with van der Waals surface area (Å²) >= 11 is 6.45. The largest absolute Gasteiger partial charge is 0.477 e. The molecule has 0 spiro atoms. The Labute approximate surface area is 160 Å². The van der Waals surface area contributed by atoms with Crippen molar-refractivity contribution in [1.29, 1.82) is 0 Å². The molecule has 5 rings (SSSR count). The Morgan fingerprint density at radius 1 is 1.15 bits per heavy atom. The number of aromatic nitrogens is 1. The number of fused-ring (bicyclic) bond motifs is 3. The summed E-state index contributed by atoms with van der Waals surface area (Å²) in [6.07, 6.45) is 3.52. The molecule has 6 nitrogen and oxygen atoms in total. The standard InChI is InChI=1S/C19H16ClNO5S/c20-15-6-13-16(7-12(15)9-1-2-9)27(25,26)8-10-5-14(19(23)24)18(22)21(17(10)13)11-3-4-11/h5-7,9,11H,1-4,8H2,(H,23,24). The zero-order valence-corrected chi connectivity index (χ0v) is 15.8. The first-order valence-electron chi connectivity index (χ1n) is 8.86. The predicted octanol–water partition coefficient (Wildman–Crippen LogP) is 3.37. The minimum absolute atomic E-state index is 0.0962. The monoisotopic (exact) mass is 405 g/mol. The molecule has 0 saturated heterocycles. The number of halogens is 1. The van der Waals surface area contributed by atoms with Crippen LogP contribution in [0, 0.1) is 0 Å². The van der Waals surface area contributed by atoms with Gasteiger partial charge in [-0.15, -0.1) is 0 Å². The molecule has 27 heavy (non-hydrogen) atoms. The molecule has 1 aromatic heterocycles. The highest BCUT2D eigenvalue weighted by Gasteiger charge is 2.38. The molecule has 0 amide bonds. The highest BCUT2D eigenvalue weighted by Crippen LogP contribution is 2.49. The minimum atomic E-state index is -3.64. The zero-order valence-electron chi connectivity index (χ0n) is 14.2. The van der Waals surface area contributed by atoms with Crippen molar-refractivity contribution < 1.29 is 18.3 Å². The van der Waals surface area contributed by atoms with Crippen molar-refractivity contribution in [3.8, 4) is 11.3 Å². The fourth-order valence-electron chi connectivity index (χ4n) is 3.94. The summed E-state index contributed by atoms with van der Waals surface area (Å²) in [5.74, 6) is -1.36. The van der Waals surface area contributed by atoms with Crippen LogP contribution in [0.25, 0.3) is 11.3 Å². The summed E-state index contributed by atoms with van der Waals surface area (Å²) in [5.41, 5.74) is 1.12. The van der Waals surface area contributed by atoms with Gasteiger partial charge in [0.2, 0.25) is 0 Å². The van der Waals surface area contributed by atoms with Crippen molar-refractivity contribution in [3.05, 3.63) is 50.3 Å². The van der Waals surface area contributed by atoms with E-state index in [1.165, 1.54) is 10.6 Å². The second-order valence-corrected chi connectivity index (χ2v) is 9.91. The van der Waals surface area contributed by atoms with Crippen LogP contribution in [-0.2, 0) is 15.6 Å². The Hall–Kier alpha value is -2.12. The molecule has 2 saturated carbocycles. The quantitative estimate of drug-likeness (QED) is 0.844. The van der Waals surface area contributed by atoms with E-state index in [-0.39, 0.29) is 22.3 Å². The van der Waals surface area contributed by atoms with Gasteiger partial charge in [0.25, 0.3) is 5.56 Å². The van der Waals surface area contributed by atoms with Gasteiger partial charge in [0.1, 0.15) is 5.56 Å². The molecule has 1 N–H and O–H groups in total. The summed E-state index contributed by atoms with van der Waals surface area (Å²) in [4.78, 5) is 24.5. The molecule has 0 atom stereocenters. The van der Waals surface area contributed by atoms with Gasteiger partial charge in [-0.25, -0.2) is 13.2 Å². The van der Waals surface area contributed by atoms with Crippen molar-refractivity contribution in [2.45, 2.75) is 48.3 Å². The molecule has 0 unspecified atom stereocenters. The molecular formula is C19H16ClNO5S. The van der Waals surface area contributed by atoms with Crippen LogP contribution < -0.4 is 5.56 Å². The molecular weight excluding hydrogens is 390 g/mol. The lowest BCUT2D eigenvalue weighted by molar-refractivity contribution is 0.0694. The van der Waals surface area contributed by atoms with Crippen molar-refractivity contribution in [1.82, 2.24) is 4.57 Å². The third kappa shape index (κ3) is 2.56. The van der Waals surface area contributed by atoms with Crippen LogP contribution in [0.1, 0.15) is 59.1 Å². The van der Waals surface area contributed by atoms with Crippen LogP contribution in [0.5, 0.6) is 0 Å². The fourth-order valence-corrected chi connectivity index (χ4v) is 5.84. The van der Waals surface area contributed by atoms with Gasteiger partial charge in [0.05, 0.1) is 16.3 Å². The lowest BCUT2D eigenvalue weighted by Gasteiger charge is -2.25. The number of pyridine rings is 1.